The predicted molar refractivity (Wildman–Crippen MR) is 77.0 cm³/mol. The van der Waals surface area contributed by atoms with Gasteiger partial charge in [-0.05, 0) is 41.1 Å². The number of nitrogens with zero attached hydrogens (tertiary/aromatic N) is 3. The van der Waals surface area contributed by atoms with Crippen molar-refractivity contribution in [2.24, 2.45) is 0 Å². The molecular weight excluding hydrogens is 343 g/mol. The highest BCUT2D eigenvalue weighted by Crippen LogP contribution is 2.06. The zero-order chi connectivity index (χ0) is 12.8. The molecule has 2 heterocycles. The molecule has 0 saturated heterocycles. The molecule has 0 aliphatic rings. The van der Waals surface area contributed by atoms with Crippen molar-refractivity contribution in [3.8, 4) is 0 Å². The van der Waals surface area contributed by atoms with Crippen LogP contribution in [-0.4, -0.2) is 20.7 Å². The number of carbonyl (C=O) groups is 1. The summed E-state index contributed by atoms with van der Waals surface area (Å²) >= 11 is 2.21. The monoisotopic (exact) mass is 356 g/mol. The molecule has 0 spiro atoms. The van der Waals surface area contributed by atoms with Crippen LogP contribution in [0.2, 0.25) is 0 Å². The Balaban J connectivity index is 1.72. The molecule has 5 nitrogen and oxygen atoms in total. The van der Waals surface area contributed by atoms with Crippen LogP contribution >= 0.6 is 22.6 Å². The second-order valence-electron chi connectivity index (χ2n) is 3.82. The summed E-state index contributed by atoms with van der Waals surface area (Å²) in [5, 5.41) is 6.96. The Labute approximate surface area is 119 Å². The van der Waals surface area contributed by atoms with Gasteiger partial charge in [0.25, 0.3) is 0 Å². The Hall–Kier alpha value is -1.44. The van der Waals surface area contributed by atoms with Gasteiger partial charge in [0.05, 0.1) is 21.7 Å². The van der Waals surface area contributed by atoms with Crippen molar-refractivity contribution < 1.29 is 4.79 Å². The Morgan fingerprint density at radius 1 is 1.44 bits per heavy atom. The number of halogens is 1. The number of aromatic nitrogens is 3. The molecule has 0 bridgehead atoms. The number of carbonyl (C=O) groups excluding carboxylic acids is 1. The maximum absolute atomic E-state index is 11.6. The number of hydrogen-bond donors (Lipinski definition) is 1. The average molecular weight is 356 g/mol. The van der Waals surface area contributed by atoms with Crippen molar-refractivity contribution in [3.05, 3.63) is 40.5 Å². The second-order valence-corrected chi connectivity index (χ2v) is 5.06. The molecule has 0 fully saturated rings. The van der Waals surface area contributed by atoms with E-state index in [4.69, 9.17) is 0 Å². The minimum Gasteiger partial charge on any atom is -0.325 e. The van der Waals surface area contributed by atoms with Gasteiger partial charge < -0.3 is 5.32 Å². The van der Waals surface area contributed by atoms with E-state index in [1.54, 1.807) is 24.7 Å². The van der Waals surface area contributed by atoms with E-state index in [0.29, 0.717) is 6.42 Å². The number of rotatable bonds is 5. The molecule has 0 aromatic carbocycles. The molecule has 0 atom stereocenters. The van der Waals surface area contributed by atoms with E-state index < -0.39 is 0 Å². The van der Waals surface area contributed by atoms with Gasteiger partial charge in [0.1, 0.15) is 0 Å². The predicted octanol–water partition coefficient (Wildman–Crippen LogP) is 2.30. The standard InChI is InChI=1S/C12H13IN4O/c13-10-7-15-17(9-10)6-2-4-12(18)16-11-3-1-5-14-8-11/h1,3,5,7-9H,2,4,6H2,(H,16,18). The van der Waals surface area contributed by atoms with Gasteiger partial charge in [-0.1, -0.05) is 0 Å². The molecule has 0 aliphatic carbocycles. The fourth-order valence-electron chi connectivity index (χ4n) is 1.52. The van der Waals surface area contributed by atoms with Crippen molar-refractivity contribution in [2.75, 3.05) is 5.32 Å². The first-order valence-electron chi connectivity index (χ1n) is 5.62. The molecule has 0 radical (unpaired) electrons. The first-order chi connectivity index (χ1) is 8.74. The molecule has 6 heteroatoms. The van der Waals surface area contributed by atoms with Gasteiger partial charge >= 0.3 is 0 Å². The Morgan fingerprint density at radius 3 is 3.00 bits per heavy atom. The SMILES string of the molecule is O=C(CCCn1cc(I)cn1)Nc1cccnc1. The maximum atomic E-state index is 11.6. The lowest BCUT2D eigenvalue weighted by molar-refractivity contribution is -0.116. The zero-order valence-electron chi connectivity index (χ0n) is 9.71. The quantitative estimate of drug-likeness (QED) is 0.837. The molecule has 2 rings (SSSR count). The summed E-state index contributed by atoms with van der Waals surface area (Å²) in [5.74, 6) is 0.00449. The van der Waals surface area contributed by atoms with Crippen molar-refractivity contribution in [3.63, 3.8) is 0 Å². The molecule has 18 heavy (non-hydrogen) atoms. The van der Waals surface area contributed by atoms with Gasteiger partial charge in [-0.2, -0.15) is 5.10 Å². The van der Waals surface area contributed by atoms with E-state index >= 15 is 0 Å². The Kier molecular flexibility index (Phi) is 4.68. The highest BCUT2D eigenvalue weighted by atomic mass is 127. The van der Waals surface area contributed by atoms with Crippen LogP contribution in [0.3, 0.4) is 0 Å². The van der Waals surface area contributed by atoms with Crippen LogP contribution in [0.4, 0.5) is 5.69 Å². The Bertz CT molecular complexity index is 512. The summed E-state index contributed by atoms with van der Waals surface area (Å²) in [4.78, 5) is 15.6. The van der Waals surface area contributed by atoms with E-state index in [-0.39, 0.29) is 5.91 Å². The lowest BCUT2D eigenvalue weighted by Crippen LogP contribution is -2.12. The van der Waals surface area contributed by atoms with Crippen LogP contribution in [0.5, 0.6) is 0 Å². The molecule has 0 aliphatic heterocycles. The summed E-state index contributed by atoms with van der Waals surface area (Å²) < 4.78 is 2.95. The van der Waals surface area contributed by atoms with Crippen LogP contribution in [0, 0.1) is 3.57 Å². The third kappa shape index (κ3) is 4.10. The highest BCUT2D eigenvalue weighted by molar-refractivity contribution is 14.1. The summed E-state index contributed by atoms with van der Waals surface area (Å²) in [7, 11) is 0. The van der Waals surface area contributed by atoms with E-state index in [0.717, 1.165) is 22.2 Å². The summed E-state index contributed by atoms with van der Waals surface area (Å²) in [5.41, 5.74) is 0.733. The van der Waals surface area contributed by atoms with E-state index in [2.05, 4.69) is 38.0 Å². The molecule has 1 amide bonds. The van der Waals surface area contributed by atoms with Gasteiger partial charge in [0.2, 0.25) is 5.91 Å². The largest absolute Gasteiger partial charge is 0.325 e. The smallest absolute Gasteiger partial charge is 0.224 e. The molecule has 2 aromatic heterocycles. The normalized spacial score (nSPS) is 10.3. The first kappa shape index (κ1) is 13.0. The lowest BCUT2D eigenvalue weighted by Gasteiger charge is -2.04. The molecule has 0 saturated carbocycles. The average Bonchev–Trinajstić information content (AvgIpc) is 2.76. The third-order valence-corrected chi connectivity index (χ3v) is 2.90. The van der Waals surface area contributed by atoms with Crippen LogP contribution in [0.25, 0.3) is 0 Å². The van der Waals surface area contributed by atoms with Crippen molar-refractivity contribution in [1.82, 2.24) is 14.8 Å². The topological polar surface area (TPSA) is 59.8 Å². The fraction of sp³-hybridized carbons (Fsp3) is 0.250. The van der Waals surface area contributed by atoms with Crippen molar-refractivity contribution >= 4 is 34.2 Å². The van der Waals surface area contributed by atoms with E-state index in [1.165, 1.54) is 0 Å². The first-order valence-corrected chi connectivity index (χ1v) is 6.70. The lowest BCUT2D eigenvalue weighted by atomic mass is 10.3. The van der Waals surface area contributed by atoms with Crippen LogP contribution in [0.15, 0.2) is 36.9 Å². The molecule has 2 aromatic rings. The molecule has 94 valence electrons. The highest BCUT2D eigenvalue weighted by Gasteiger charge is 2.02. The second kappa shape index (κ2) is 6.48. The van der Waals surface area contributed by atoms with Crippen molar-refractivity contribution in [1.29, 1.82) is 0 Å². The molecule has 1 N–H and O–H groups in total. The minimum absolute atomic E-state index is 0.00449. The minimum atomic E-state index is 0.00449. The van der Waals surface area contributed by atoms with E-state index in [1.807, 2.05) is 16.9 Å². The number of pyridine rings is 1. The third-order valence-electron chi connectivity index (χ3n) is 2.34. The zero-order valence-corrected chi connectivity index (χ0v) is 11.9. The van der Waals surface area contributed by atoms with Gasteiger partial charge in [-0.3, -0.25) is 14.5 Å². The maximum Gasteiger partial charge on any atom is 0.224 e. The van der Waals surface area contributed by atoms with Crippen LogP contribution in [-0.2, 0) is 11.3 Å². The summed E-state index contributed by atoms with van der Waals surface area (Å²) in [6.07, 6.45) is 8.31. The molecule has 0 unspecified atom stereocenters. The number of amides is 1. The van der Waals surface area contributed by atoms with Crippen LogP contribution in [0.1, 0.15) is 12.8 Å². The van der Waals surface area contributed by atoms with Crippen LogP contribution < -0.4 is 5.32 Å². The summed E-state index contributed by atoms with van der Waals surface area (Å²) in [6.45, 7) is 0.753. The summed E-state index contributed by atoms with van der Waals surface area (Å²) in [6, 6.07) is 3.61. The van der Waals surface area contributed by atoms with E-state index in [9.17, 15) is 4.79 Å². The number of hydrogen-bond acceptors (Lipinski definition) is 3. The van der Waals surface area contributed by atoms with Crippen molar-refractivity contribution in [2.45, 2.75) is 19.4 Å². The number of nitrogens with one attached hydrogen (secondary N) is 1. The van der Waals surface area contributed by atoms with Gasteiger partial charge in [-0.25, -0.2) is 0 Å². The van der Waals surface area contributed by atoms with Gasteiger partial charge in [-0.15, -0.1) is 0 Å². The number of anilines is 1. The van der Waals surface area contributed by atoms with Gasteiger partial charge in [0, 0.05) is 25.4 Å². The number of aryl methyl sites for hydroxylation is 1. The molecular formula is C12H13IN4O. The van der Waals surface area contributed by atoms with Gasteiger partial charge in [0.15, 0.2) is 0 Å². The fourth-order valence-corrected chi connectivity index (χ4v) is 1.97. The Morgan fingerprint density at radius 2 is 2.33 bits per heavy atom.